The summed E-state index contributed by atoms with van der Waals surface area (Å²) in [5.74, 6) is -0.745. The molecule has 0 saturated carbocycles. The zero-order chi connectivity index (χ0) is 12.8. The molecule has 1 aromatic rings. The van der Waals surface area contributed by atoms with Crippen LogP contribution in [0.1, 0.15) is 17.3 Å². The van der Waals surface area contributed by atoms with Crippen LogP contribution in [0.2, 0.25) is 5.15 Å². The van der Waals surface area contributed by atoms with Crippen molar-refractivity contribution in [1.82, 2.24) is 9.88 Å². The van der Waals surface area contributed by atoms with Crippen molar-refractivity contribution in [3.8, 4) is 0 Å². The van der Waals surface area contributed by atoms with Crippen LogP contribution >= 0.6 is 11.6 Å². The van der Waals surface area contributed by atoms with Gasteiger partial charge in [0.1, 0.15) is 11.7 Å². The van der Waals surface area contributed by atoms with Gasteiger partial charge in [-0.1, -0.05) is 11.6 Å². The number of aromatic nitrogens is 1. The van der Waals surface area contributed by atoms with Gasteiger partial charge in [0.2, 0.25) is 0 Å². The molecule has 0 bridgehead atoms. The number of carbonyl (C=O) groups excluding carboxylic acids is 2. The Bertz CT molecular complexity index is 423. The number of likely N-dealkylation sites (N-methyl/N-ethyl adjacent to an activating group) is 1. The van der Waals surface area contributed by atoms with Crippen molar-refractivity contribution < 1.29 is 14.3 Å². The number of nitrogens with zero attached hydrogens (tertiary/aromatic N) is 2. The molecule has 0 aliphatic rings. The Labute approximate surface area is 104 Å². The molecule has 0 fully saturated rings. The van der Waals surface area contributed by atoms with Crippen LogP contribution < -0.4 is 0 Å². The van der Waals surface area contributed by atoms with E-state index in [4.69, 9.17) is 16.3 Å². The third kappa shape index (κ3) is 4.03. The van der Waals surface area contributed by atoms with E-state index in [-0.39, 0.29) is 17.6 Å². The van der Waals surface area contributed by atoms with Gasteiger partial charge in [-0.3, -0.25) is 9.59 Å². The standard InChI is InChI=1S/C11H13ClN2O3/c1-3-17-10(15)7-14(2)11(16)8-4-5-13-9(12)6-8/h4-6H,3,7H2,1-2H3. The summed E-state index contributed by atoms with van der Waals surface area (Å²) in [7, 11) is 1.52. The fourth-order valence-electron chi connectivity index (χ4n) is 1.23. The first-order valence-corrected chi connectivity index (χ1v) is 5.45. The average molecular weight is 257 g/mol. The van der Waals surface area contributed by atoms with E-state index in [9.17, 15) is 9.59 Å². The number of rotatable bonds is 4. The van der Waals surface area contributed by atoms with Gasteiger partial charge in [0.05, 0.1) is 6.61 Å². The maximum absolute atomic E-state index is 11.9. The fraction of sp³-hybridized carbons (Fsp3) is 0.364. The van der Waals surface area contributed by atoms with Gasteiger partial charge < -0.3 is 9.64 Å². The Hall–Kier alpha value is -1.62. The Morgan fingerprint density at radius 3 is 2.82 bits per heavy atom. The highest BCUT2D eigenvalue weighted by Crippen LogP contribution is 2.09. The number of halogens is 1. The molecule has 1 heterocycles. The normalized spacial score (nSPS) is 9.82. The van der Waals surface area contributed by atoms with E-state index in [2.05, 4.69) is 4.98 Å². The van der Waals surface area contributed by atoms with Crippen molar-refractivity contribution in [2.75, 3.05) is 20.2 Å². The molecule has 0 aromatic carbocycles. The molecule has 1 rings (SSSR count). The van der Waals surface area contributed by atoms with Crippen molar-refractivity contribution in [3.05, 3.63) is 29.0 Å². The molecular formula is C11H13ClN2O3. The minimum Gasteiger partial charge on any atom is -0.465 e. The average Bonchev–Trinajstić information content (AvgIpc) is 2.28. The van der Waals surface area contributed by atoms with Crippen LogP contribution in [0.25, 0.3) is 0 Å². The molecule has 17 heavy (non-hydrogen) atoms. The SMILES string of the molecule is CCOC(=O)CN(C)C(=O)c1ccnc(Cl)c1. The van der Waals surface area contributed by atoms with Crippen molar-refractivity contribution in [2.24, 2.45) is 0 Å². The van der Waals surface area contributed by atoms with E-state index < -0.39 is 5.97 Å². The lowest BCUT2D eigenvalue weighted by Crippen LogP contribution is -2.33. The number of pyridine rings is 1. The second kappa shape index (κ2) is 6.20. The summed E-state index contributed by atoms with van der Waals surface area (Å²) in [5.41, 5.74) is 0.386. The molecule has 1 aromatic heterocycles. The summed E-state index contributed by atoms with van der Waals surface area (Å²) < 4.78 is 4.75. The smallest absolute Gasteiger partial charge is 0.325 e. The number of carbonyl (C=O) groups is 2. The van der Waals surface area contributed by atoms with Crippen LogP contribution in [0, 0.1) is 0 Å². The maximum Gasteiger partial charge on any atom is 0.325 e. The van der Waals surface area contributed by atoms with Gasteiger partial charge in [-0.25, -0.2) is 4.98 Å². The molecule has 0 N–H and O–H groups in total. The fourth-order valence-corrected chi connectivity index (χ4v) is 1.40. The molecule has 5 nitrogen and oxygen atoms in total. The van der Waals surface area contributed by atoms with E-state index in [1.54, 1.807) is 6.92 Å². The monoisotopic (exact) mass is 256 g/mol. The maximum atomic E-state index is 11.9. The predicted octanol–water partition coefficient (Wildman–Crippen LogP) is 1.37. The molecule has 1 amide bonds. The van der Waals surface area contributed by atoms with Gasteiger partial charge in [0.15, 0.2) is 0 Å². The zero-order valence-electron chi connectivity index (χ0n) is 9.64. The number of hydrogen-bond acceptors (Lipinski definition) is 4. The van der Waals surface area contributed by atoms with E-state index in [1.165, 1.54) is 30.3 Å². The van der Waals surface area contributed by atoms with Gasteiger partial charge in [-0.2, -0.15) is 0 Å². The Morgan fingerprint density at radius 2 is 2.24 bits per heavy atom. The number of ether oxygens (including phenoxy) is 1. The number of amides is 1. The molecular weight excluding hydrogens is 244 g/mol. The Kier molecular flexibility index (Phi) is 4.90. The molecule has 6 heteroatoms. The van der Waals surface area contributed by atoms with Crippen LogP contribution in [0.3, 0.4) is 0 Å². The van der Waals surface area contributed by atoms with Crippen LogP contribution in [0.4, 0.5) is 0 Å². The van der Waals surface area contributed by atoms with Crippen molar-refractivity contribution in [3.63, 3.8) is 0 Å². The Balaban J connectivity index is 2.67. The van der Waals surface area contributed by atoms with Gasteiger partial charge >= 0.3 is 5.97 Å². The van der Waals surface area contributed by atoms with Gasteiger partial charge in [-0.15, -0.1) is 0 Å². The van der Waals surface area contributed by atoms with Crippen molar-refractivity contribution in [1.29, 1.82) is 0 Å². The first-order chi connectivity index (χ1) is 8.04. The summed E-state index contributed by atoms with van der Waals surface area (Å²) in [6, 6.07) is 2.99. The predicted molar refractivity (Wildman–Crippen MR) is 62.8 cm³/mol. The zero-order valence-corrected chi connectivity index (χ0v) is 10.4. The first-order valence-electron chi connectivity index (χ1n) is 5.07. The highest BCUT2D eigenvalue weighted by Gasteiger charge is 2.15. The molecule has 0 aliphatic carbocycles. The van der Waals surface area contributed by atoms with Gasteiger partial charge in [-0.05, 0) is 19.1 Å². The van der Waals surface area contributed by atoms with E-state index in [0.717, 1.165) is 0 Å². The second-order valence-corrected chi connectivity index (χ2v) is 3.72. The van der Waals surface area contributed by atoms with Crippen LogP contribution in [-0.2, 0) is 9.53 Å². The van der Waals surface area contributed by atoms with Crippen molar-refractivity contribution in [2.45, 2.75) is 6.92 Å². The summed E-state index contributed by atoms with van der Waals surface area (Å²) in [5, 5.41) is 0.236. The number of hydrogen-bond donors (Lipinski definition) is 0. The lowest BCUT2D eigenvalue weighted by atomic mass is 10.2. The summed E-state index contributed by atoms with van der Waals surface area (Å²) in [6.07, 6.45) is 1.44. The lowest BCUT2D eigenvalue weighted by molar-refractivity contribution is -0.143. The molecule has 0 radical (unpaired) electrons. The molecule has 0 aliphatic heterocycles. The third-order valence-corrected chi connectivity index (χ3v) is 2.20. The highest BCUT2D eigenvalue weighted by molar-refractivity contribution is 6.29. The summed E-state index contributed by atoms with van der Waals surface area (Å²) in [4.78, 5) is 28.1. The molecule has 0 saturated heterocycles. The number of esters is 1. The quantitative estimate of drug-likeness (QED) is 0.603. The van der Waals surface area contributed by atoms with Crippen LogP contribution in [0.5, 0.6) is 0 Å². The van der Waals surface area contributed by atoms with E-state index in [1.807, 2.05) is 0 Å². The van der Waals surface area contributed by atoms with E-state index in [0.29, 0.717) is 12.2 Å². The van der Waals surface area contributed by atoms with E-state index >= 15 is 0 Å². The second-order valence-electron chi connectivity index (χ2n) is 3.33. The largest absolute Gasteiger partial charge is 0.465 e. The minimum absolute atomic E-state index is 0.0907. The lowest BCUT2D eigenvalue weighted by Gasteiger charge is -2.15. The van der Waals surface area contributed by atoms with Crippen molar-refractivity contribution >= 4 is 23.5 Å². The topological polar surface area (TPSA) is 59.5 Å². The molecule has 92 valence electrons. The molecule has 0 spiro atoms. The highest BCUT2D eigenvalue weighted by atomic mass is 35.5. The molecule has 0 atom stereocenters. The van der Waals surface area contributed by atoms with Crippen LogP contribution in [0.15, 0.2) is 18.3 Å². The van der Waals surface area contributed by atoms with Crippen LogP contribution in [-0.4, -0.2) is 42.0 Å². The van der Waals surface area contributed by atoms with Gasteiger partial charge in [0, 0.05) is 18.8 Å². The summed E-state index contributed by atoms with van der Waals surface area (Å²) in [6.45, 7) is 1.91. The first kappa shape index (κ1) is 13.4. The molecule has 0 unspecified atom stereocenters. The Morgan fingerprint density at radius 1 is 1.53 bits per heavy atom. The summed E-state index contributed by atoms with van der Waals surface area (Å²) >= 11 is 5.68. The van der Waals surface area contributed by atoms with Gasteiger partial charge in [0.25, 0.3) is 5.91 Å². The minimum atomic E-state index is -0.441. The third-order valence-electron chi connectivity index (χ3n) is 1.99.